The smallest absolute Gasteiger partial charge is 0.311 e. The number of morpholine rings is 1. The molecule has 1 atom stereocenters. The Kier molecular flexibility index (Phi) is 7.82. The number of hydrogen-bond donors (Lipinski definition) is 1. The highest BCUT2D eigenvalue weighted by Gasteiger charge is 2.23. The van der Waals surface area contributed by atoms with Gasteiger partial charge in [-0.15, -0.1) is 0 Å². The number of likely N-dealkylation sites (tertiary alicyclic amines) is 1. The first-order chi connectivity index (χ1) is 11.2. The number of nitrogens with zero attached hydrogens (tertiary/aromatic N) is 2. The van der Waals surface area contributed by atoms with Crippen LogP contribution in [0.3, 0.4) is 0 Å². The second-order valence-corrected chi connectivity index (χ2v) is 6.54. The average Bonchev–Trinajstić information content (AvgIpc) is 2.84. The Hall–Kier alpha value is -1.14. The summed E-state index contributed by atoms with van der Waals surface area (Å²) in [5, 5.41) is 2.77. The van der Waals surface area contributed by atoms with Crippen LogP contribution in [0.4, 0.5) is 0 Å². The number of nitrogens with one attached hydrogen (secondary N) is 1. The molecule has 2 fully saturated rings. The Morgan fingerprint density at radius 2 is 1.87 bits per heavy atom. The summed E-state index contributed by atoms with van der Waals surface area (Å²) in [6, 6.07) is 0. The van der Waals surface area contributed by atoms with Gasteiger partial charge in [0.2, 0.25) is 0 Å². The van der Waals surface area contributed by atoms with E-state index in [4.69, 9.17) is 4.74 Å². The van der Waals surface area contributed by atoms with Crippen molar-refractivity contribution in [2.75, 3.05) is 45.9 Å². The lowest BCUT2D eigenvalue weighted by Crippen LogP contribution is -2.46. The first-order valence-electron chi connectivity index (χ1n) is 9.11. The molecule has 0 radical (unpaired) electrons. The van der Waals surface area contributed by atoms with Crippen LogP contribution < -0.4 is 5.32 Å². The fourth-order valence-corrected chi connectivity index (χ4v) is 3.31. The van der Waals surface area contributed by atoms with Crippen LogP contribution in [0.5, 0.6) is 0 Å². The summed E-state index contributed by atoms with van der Waals surface area (Å²) in [5.74, 6) is -0.836. The molecule has 0 aromatic carbocycles. The summed E-state index contributed by atoms with van der Waals surface area (Å²) in [6.07, 6.45) is 6.37. The standard InChI is InChI=1S/C17H31N3O3/c1-2-9-19-12-13-23-15(14-19)7-8-18-16(21)17(22)20-10-5-3-4-6-11-20/h15H,2-14H2,1H3,(H,18,21). The minimum absolute atomic E-state index is 0.156. The van der Waals surface area contributed by atoms with Crippen molar-refractivity contribution in [3.05, 3.63) is 0 Å². The molecule has 2 saturated heterocycles. The van der Waals surface area contributed by atoms with Gasteiger partial charge >= 0.3 is 11.8 Å². The van der Waals surface area contributed by atoms with E-state index in [9.17, 15) is 9.59 Å². The van der Waals surface area contributed by atoms with Gasteiger partial charge in [-0.2, -0.15) is 0 Å². The van der Waals surface area contributed by atoms with Gasteiger partial charge in [-0.3, -0.25) is 14.5 Å². The molecule has 0 aliphatic carbocycles. The van der Waals surface area contributed by atoms with Crippen molar-refractivity contribution in [1.29, 1.82) is 0 Å². The first kappa shape index (κ1) is 18.2. The number of carbonyl (C=O) groups excluding carboxylic acids is 2. The summed E-state index contributed by atoms with van der Waals surface area (Å²) in [4.78, 5) is 28.3. The van der Waals surface area contributed by atoms with Gasteiger partial charge in [-0.25, -0.2) is 0 Å². The molecule has 0 bridgehead atoms. The third-order valence-corrected chi connectivity index (χ3v) is 4.60. The number of hydrogen-bond acceptors (Lipinski definition) is 4. The molecule has 1 N–H and O–H groups in total. The highest BCUT2D eigenvalue weighted by atomic mass is 16.5. The van der Waals surface area contributed by atoms with Crippen LogP contribution in [0.15, 0.2) is 0 Å². The van der Waals surface area contributed by atoms with E-state index in [0.717, 1.165) is 64.8 Å². The van der Waals surface area contributed by atoms with Crippen molar-refractivity contribution in [1.82, 2.24) is 15.1 Å². The van der Waals surface area contributed by atoms with Crippen LogP contribution >= 0.6 is 0 Å². The Labute approximate surface area is 139 Å². The predicted molar refractivity (Wildman–Crippen MR) is 89.1 cm³/mol. The topological polar surface area (TPSA) is 61.9 Å². The molecule has 132 valence electrons. The fraction of sp³-hybridized carbons (Fsp3) is 0.882. The lowest BCUT2D eigenvalue weighted by molar-refractivity contribution is -0.145. The Morgan fingerprint density at radius 1 is 1.13 bits per heavy atom. The monoisotopic (exact) mass is 325 g/mol. The second-order valence-electron chi connectivity index (χ2n) is 6.54. The molecular formula is C17H31N3O3. The van der Waals surface area contributed by atoms with E-state index in [2.05, 4.69) is 17.1 Å². The summed E-state index contributed by atoms with van der Waals surface area (Å²) in [7, 11) is 0. The van der Waals surface area contributed by atoms with Crippen molar-refractivity contribution >= 4 is 11.8 Å². The Balaban J connectivity index is 1.66. The zero-order valence-corrected chi connectivity index (χ0v) is 14.4. The maximum absolute atomic E-state index is 12.1. The fourth-order valence-electron chi connectivity index (χ4n) is 3.31. The van der Waals surface area contributed by atoms with Gasteiger partial charge in [0, 0.05) is 32.7 Å². The van der Waals surface area contributed by atoms with Gasteiger partial charge in [-0.1, -0.05) is 19.8 Å². The molecule has 0 aromatic rings. The zero-order valence-electron chi connectivity index (χ0n) is 14.4. The summed E-state index contributed by atoms with van der Waals surface area (Å²) in [5.41, 5.74) is 0. The molecule has 6 heteroatoms. The average molecular weight is 325 g/mol. The highest BCUT2D eigenvalue weighted by molar-refractivity contribution is 6.35. The minimum Gasteiger partial charge on any atom is -0.375 e. The molecule has 6 nitrogen and oxygen atoms in total. The van der Waals surface area contributed by atoms with Gasteiger partial charge in [0.25, 0.3) is 0 Å². The molecule has 1 unspecified atom stereocenters. The third kappa shape index (κ3) is 6.11. The van der Waals surface area contributed by atoms with Crippen molar-refractivity contribution < 1.29 is 14.3 Å². The first-order valence-corrected chi connectivity index (χ1v) is 9.11. The van der Waals surface area contributed by atoms with Gasteiger partial charge in [0.1, 0.15) is 0 Å². The van der Waals surface area contributed by atoms with E-state index in [-0.39, 0.29) is 12.0 Å². The van der Waals surface area contributed by atoms with E-state index >= 15 is 0 Å². The molecule has 2 rings (SSSR count). The molecule has 2 aliphatic rings. The van der Waals surface area contributed by atoms with Crippen molar-refractivity contribution in [2.45, 2.75) is 51.6 Å². The number of carbonyl (C=O) groups is 2. The molecule has 2 aliphatic heterocycles. The molecular weight excluding hydrogens is 294 g/mol. The minimum atomic E-state index is -0.465. The van der Waals surface area contributed by atoms with Gasteiger partial charge in [0.05, 0.1) is 12.7 Å². The van der Waals surface area contributed by atoms with Crippen molar-refractivity contribution in [3.63, 3.8) is 0 Å². The molecule has 0 aromatic heterocycles. The molecule has 2 heterocycles. The lowest BCUT2D eigenvalue weighted by atomic mass is 10.2. The van der Waals surface area contributed by atoms with Crippen LogP contribution in [0, 0.1) is 0 Å². The summed E-state index contributed by atoms with van der Waals surface area (Å²) in [6.45, 7) is 7.87. The van der Waals surface area contributed by atoms with E-state index < -0.39 is 5.91 Å². The number of ether oxygens (including phenoxy) is 1. The predicted octanol–water partition coefficient (Wildman–Crippen LogP) is 1.01. The van der Waals surface area contributed by atoms with Crippen molar-refractivity contribution in [2.24, 2.45) is 0 Å². The quantitative estimate of drug-likeness (QED) is 0.766. The normalized spacial score (nSPS) is 23.3. The van der Waals surface area contributed by atoms with Gasteiger partial charge < -0.3 is 15.0 Å². The lowest BCUT2D eigenvalue weighted by Gasteiger charge is -2.32. The molecule has 0 saturated carbocycles. The van der Waals surface area contributed by atoms with E-state index in [1.54, 1.807) is 4.90 Å². The van der Waals surface area contributed by atoms with Crippen LogP contribution in [-0.4, -0.2) is 73.6 Å². The van der Waals surface area contributed by atoms with Crippen LogP contribution in [-0.2, 0) is 14.3 Å². The summed E-state index contributed by atoms with van der Waals surface area (Å²) < 4.78 is 5.74. The van der Waals surface area contributed by atoms with Crippen LogP contribution in [0.25, 0.3) is 0 Å². The van der Waals surface area contributed by atoms with Gasteiger partial charge in [0.15, 0.2) is 0 Å². The Morgan fingerprint density at radius 3 is 2.57 bits per heavy atom. The maximum atomic E-state index is 12.1. The second kappa shape index (κ2) is 9.88. The summed E-state index contributed by atoms with van der Waals surface area (Å²) >= 11 is 0. The Bertz CT molecular complexity index is 379. The van der Waals surface area contributed by atoms with Gasteiger partial charge in [-0.05, 0) is 32.2 Å². The highest BCUT2D eigenvalue weighted by Crippen LogP contribution is 2.10. The number of amides is 2. The van der Waals surface area contributed by atoms with E-state index in [1.807, 2.05) is 0 Å². The van der Waals surface area contributed by atoms with Crippen LogP contribution in [0.1, 0.15) is 45.4 Å². The zero-order chi connectivity index (χ0) is 16.5. The van der Waals surface area contributed by atoms with Crippen molar-refractivity contribution in [3.8, 4) is 0 Å². The van der Waals surface area contributed by atoms with Crippen LogP contribution in [0.2, 0.25) is 0 Å². The largest absolute Gasteiger partial charge is 0.375 e. The van der Waals surface area contributed by atoms with E-state index in [0.29, 0.717) is 19.6 Å². The molecule has 2 amide bonds. The molecule has 23 heavy (non-hydrogen) atoms. The number of rotatable bonds is 5. The SMILES string of the molecule is CCCN1CCOC(CCNC(=O)C(=O)N2CCCCCC2)C1. The molecule has 0 spiro atoms. The third-order valence-electron chi connectivity index (χ3n) is 4.60. The maximum Gasteiger partial charge on any atom is 0.311 e. The van der Waals surface area contributed by atoms with E-state index in [1.165, 1.54) is 0 Å².